The lowest BCUT2D eigenvalue weighted by molar-refractivity contribution is -0.139. The Bertz CT molecular complexity index is 4740. The zero-order valence-electron chi connectivity index (χ0n) is 53.4. The van der Waals surface area contributed by atoms with E-state index in [0.717, 1.165) is 64.7 Å². The van der Waals surface area contributed by atoms with E-state index in [1.165, 1.54) is 28.3 Å². The fourth-order valence-electron chi connectivity index (χ4n) is 15.6. The number of alkyl halides is 6. The highest BCUT2D eigenvalue weighted by Crippen LogP contribution is 2.55. The second kappa shape index (κ2) is 23.6. The van der Waals surface area contributed by atoms with Crippen LogP contribution in [0.25, 0.3) is 45.0 Å². The fourth-order valence-corrected chi connectivity index (χ4v) is 15.6. The second-order valence-corrected chi connectivity index (χ2v) is 28.2. The fraction of sp³-hybridized carbons (Fsp3) is 0.403. The van der Waals surface area contributed by atoms with Crippen LogP contribution in [0.4, 0.5) is 49.6 Å². The second-order valence-electron chi connectivity index (χ2n) is 28.2. The zero-order chi connectivity index (χ0) is 67.6. The minimum absolute atomic E-state index is 0.0333. The zero-order valence-corrected chi connectivity index (χ0v) is 53.4. The van der Waals surface area contributed by atoms with E-state index in [1.807, 2.05) is 4.57 Å². The van der Waals surface area contributed by atoms with E-state index < -0.39 is 53.9 Å². The van der Waals surface area contributed by atoms with Gasteiger partial charge in [0.1, 0.15) is 35.9 Å². The molecule has 6 fully saturated rings. The molecular formula is C72H65F6N17O3. The Morgan fingerprint density at radius 3 is 1.64 bits per heavy atom. The first-order valence-corrected chi connectivity index (χ1v) is 33.0. The lowest BCUT2D eigenvalue weighted by atomic mass is 9.96. The molecule has 4 aromatic heterocycles. The van der Waals surface area contributed by atoms with E-state index in [-0.39, 0.29) is 94.0 Å². The number of aromatic nitrogens is 8. The number of nitrogens with one attached hydrogen (secondary N) is 2. The molecule has 3 saturated heterocycles. The Labute approximate surface area is 559 Å². The van der Waals surface area contributed by atoms with Gasteiger partial charge in [0, 0.05) is 92.4 Å². The van der Waals surface area contributed by atoms with Crippen LogP contribution in [0.2, 0.25) is 0 Å². The number of rotatable bonds is 19. The van der Waals surface area contributed by atoms with Crippen LogP contribution in [0.5, 0.6) is 0 Å². The smallest absolute Gasteiger partial charge is 0.381 e. The number of nitriles is 3. The molecule has 26 heteroatoms. The number of hydrogen-bond acceptors (Lipinski definition) is 16. The molecule has 2 N–H and O–H groups in total. The first kappa shape index (κ1) is 62.7. The molecule has 0 radical (unpaired) electrons. The maximum atomic E-state index is 15.3. The molecule has 20 nitrogen and oxygen atoms in total. The summed E-state index contributed by atoms with van der Waals surface area (Å²) < 4.78 is 100. The number of ether oxygens (including phenoxy) is 1. The quantitative estimate of drug-likeness (QED) is 0.0716. The van der Waals surface area contributed by atoms with Crippen LogP contribution in [0.3, 0.4) is 0 Å². The van der Waals surface area contributed by atoms with Gasteiger partial charge >= 0.3 is 12.4 Å². The van der Waals surface area contributed by atoms with Crippen molar-refractivity contribution in [2.24, 2.45) is 29.7 Å². The highest BCUT2D eigenvalue weighted by molar-refractivity contribution is 6.11. The molecule has 2 unspecified atom stereocenters. The van der Waals surface area contributed by atoms with E-state index in [9.17, 15) is 25.4 Å². The third kappa shape index (κ3) is 11.7. The van der Waals surface area contributed by atoms with E-state index in [4.69, 9.17) is 14.7 Å². The number of anilines is 4. The predicted octanol–water partition coefficient (Wildman–Crippen LogP) is 12.2. The summed E-state index contributed by atoms with van der Waals surface area (Å²) in [6.07, 6.45) is 0.850. The first-order valence-electron chi connectivity index (χ1n) is 33.0. The number of carbonyl (C=O) groups is 2. The summed E-state index contributed by atoms with van der Waals surface area (Å²) in [6, 6.07) is 29.1. The van der Waals surface area contributed by atoms with Crippen LogP contribution in [-0.2, 0) is 56.9 Å². The normalized spacial score (nSPS) is 20.6. The summed E-state index contributed by atoms with van der Waals surface area (Å²) in [6.45, 7) is 4.60. The summed E-state index contributed by atoms with van der Waals surface area (Å²) in [5.41, 5.74) is 1.85. The van der Waals surface area contributed by atoms with Gasteiger partial charge in [-0.3, -0.25) is 29.2 Å². The molecule has 2 atom stereocenters. The van der Waals surface area contributed by atoms with Gasteiger partial charge in [-0.25, -0.2) is 9.97 Å². The summed E-state index contributed by atoms with van der Waals surface area (Å²) in [4.78, 5) is 46.4. The van der Waals surface area contributed by atoms with Crippen LogP contribution >= 0.6 is 0 Å². The van der Waals surface area contributed by atoms with Gasteiger partial charge in [0.2, 0.25) is 0 Å². The highest BCUT2D eigenvalue weighted by atomic mass is 19.4. The molecule has 3 aliphatic carbocycles. The average molecular weight is 1330 g/mol. The molecular weight excluding hydrogens is 1260 g/mol. The van der Waals surface area contributed by atoms with Crippen molar-refractivity contribution in [2.45, 2.75) is 108 Å². The first-order chi connectivity index (χ1) is 47.2. The maximum absolute atomic E-state index is 15.3. The number of hydrogen-bond donors (Lipinski definition) is 2. The highest BCUT2D eigenvalue weighted by Gasteiger charge is 2.55. The van der Waals surface area contributed by atoms with Gasteiger partial charge in [0.15, 0.2) is 11.6 Å². The number of aryl methyl sites for hydroxylation is 1. The topological polar surface area (TPSA) is 239 Å². The van der Waals surface area contributed by atoms with Crippen molar-refractivity contribution in [1.82, 2.24) is 49.3 Å². The lowest BCUT2D eigenvalue weighted by Gasteiger charge is -2.26. The SMILES string of the molecule is Cn1cnnc1-c1ccc(C#N)cc1-c1cc(NC2(CCC#N)CC2Cn2cnnc2-c2ccc(C#N)cc2-c2cc(NCC3COC3)nc(N3Cc4c(cc(CN5CCC6(CC6)C5)cc4C(F)(F)F)C3=O)c2)nc(N2Cc3c(cc(CN4CCC5(CC5)C4)cc3C(F)(F)F)C2=O)c1. The van der Waals surface area contributed by atoms with Crippen molar-refractivity contribution in [3.8, 4) is 63.2 Å². The van der Waals surface area contributed by atoms with Crippen molar-refractivity contribution < 1.29 is 40.7 Å². The van der Waals surface area contributed by atoms with Gasteiger partial charge in [0.25, 0.3) is 11.8 Å². The third-order valence-corrected chi connectivity index (χ3v) is 21.5. The van der Waals surface area contributed by atoms with Crippen LogP contribution in [0.1, 0.15) is 123 Å². The molecule has 2 amide bonds. The molecule has 5 aliphatic heterocycles. The maximum Gasteiger partial charge on any atom is 0.416 e. The van der Waals surface area contributed by atoms with Gasteiger partial charge in [-0.1, -0.05) is 0 Å². The van der Waals surface area contributed by atoms with E-state index in [1.54, 1.807) is 90.7 Å². The van der Waals surface area contributed by atoms with Gasteiger partial charge in [0.05, 0.1) is 66.8 Å². The monoisotopic (exact) mass is 1330 g/mol. The van der Waals surface area contributed by atoms with E-state index >= 15 is 26.3 Å². The number of carbonyl (C=O) groups excluding carboxylic acids is 2. The number of benzene rings is 4. The minimum atomic E-state index is -4.78. The lowest BCUT2D eigenvalue weighted by Crippen LogP contribution is -2.33. The number of nitrogens with zero attached hydrogens (tertiary/aromatic N) is 15. The van der Waals surface area contributed by atoms with E-state index in [0.29, 0.717) is 100 Å². The molecule has 98 heavy (non-hydrogen) atoms. The molecule has 8 aromatic rings. The van der Waals surface area contributed by atoms with Gasteiger partial charge in [-0.2, -0.15) is 42.1 Å². The van der Waals surface area contributed by atoms with Crippen molar-refractivity contribution in [3.05, 3.63) is 153 Å². The molecule has 4 aromatic carbocycles. The van der Waals surface area contributed by atoms with Crippen LogP contribution in [0.15, 0.2) is 97.6 Å². The molecule has 3 saturated carbocycles. The van der Waals surface area contributed by atoms with Crippen LogP contribution < -0.4 is 20.4 Å². The van der Waals surface area contributed by atoms with Gasteiger partial charge in [-0.05, 0) is 205 Å². The number of halogens is 6. The Balaban J connectivity index is 0.735. The average Bonchev–Trinajstić information content (AvgIpc) is 1.56. The Kier molecular flexibility index (Phi) is 15.1. The number of pyridine rings is 2. The number of likely N-dealkylation sites (tertiary alicyclic amines) is 2. The Morgan fingerprint density at radius 1 is 0.622 bits per heavy atom. The summed E-state index contributed by atoms with van der Waals surface area (Å²) >= 11 is 0. The van der Waals surface area contributed by atoms with Crippen LogP contribution in [0, 0.1) is 56.7 Å². The molecule has 498 valence electrons. The van der Waals surface area contributed by atoms with Crippen molar-refractivity contribution in [1.29, 1.82) is 15.8 Å². The molecule has 16 rings (SSSR count). The van der Waals surface area contributed by atoms with Gasteiger partial charge in [-0.15, -0.1) is 20.4 Å². The molecule has 0 bridgehead atoms. The molecule has 2 spiro atoms. The summed E-state index contributed by atoms with van der Waals surface area (Å²) in [5.74, 6) is 0.111. The minimum Gasteiger partial charge on any atom is -0.381 e. The van der Waals surface area contributed by atoms with Crippen molar-refractivity contribution in [3.63, 3.8) is 0 Å². The Morgan fingerprint density at radius 2 is 1.15 bits per heavy atom. The Hall–Kier alpha value is -10.1. The summed E-state index contributed by atoms with van der Waals surface area (Å²) in [7, 11) is 1.76. The number of amides is 2. The third-order valence-electron chi connectivity index (χ3n) is 21.5. The largest absolute Gasteiger partial charge is 0.416 e. The molecule has 8 aliphatic rings. The predicted molar refractivity (Wildman–Crippen MR) is 347 cm³/mol. The van der Waals surface area contributed by atoms with Crippen molar-refractivity contribution >= 4 is 35.1 Å². The molecule has 9 heterocycles. The van der Waals surface area contributed by atoms with E-state index in [2.05, 4.69) is 59.0 Å². The van der Waals surface area contributed by atoms with Gasteiger partial charge < -0.3 is 24.5 Å². The van der Waals surface area contributed by atoms with Crippen LogP contribution in [-0.4, -0.2) is 113 Å². The standard InChI is InChI=1S/C72H65F6N17O3/c1-90-40-83-88-64(90)50-5-3-42(28-80)17-52(50)48-24-61(86-63(26-48)95-35-57-55(67(95)97)20-45(22-59(57)72(76,77)78)32-92-16-13-69(39-92)10-11-69)87-70(7-2-14-79)27-49(70)33-93-41-84-89-65(93)51-6-4-43(29-81)18-53(51)47-23-60(82-30-46-36-98-37-46)85-62(25-47)94-34-56-54(66(94)96)19-44(21-58(56)71(73,74)75)31-91-15-12-68(38-91)8-9-68/h3-6,17-26,40-41,46,49H,2,7-13,15-16,27,30-39H2,1H3,(H,82,85)(H,86,87). The summed E-state index contributed by atoms with van der Waals surface area (Å²) in [5, 5.41) is 55.5. The number of fused-ring (bicyclic) bond motifs is 2. The van der Waals surface area contributed by atoms with Crippen molar-refractivity contribution in [2.75, 3.05) is 66.4 Å².